The van der Waals surface area contributed by atoms with E-state index in [-0.39, 0.29) is 0 Å². The molecule has 2 rings (SSSR count). The Morgan fingerprint density at radius 2 is 2.11 bits per heavy atom. The SMILES string of the molecule is CCN(CC1CCNCC1)C(C)c1cccc(Br)c1. The lowest BCUT2D eigenvalue weighted by Crippen LogP contribution is -2.37. The Balaban J connectivity index is 1.99. The van der Waals surface area contributed by atoms with Crippen LogP contribution in [0, 0.1) is 5.92 Å². The Hall–Kier alpha value is -0.380. The van der Waals surface area contributed by atoms with Gasteiger partial charge in [0.15, 0.2) is 0 Å². The molecule has 0 amide bonds. The molecule has 1 fully saturated rings. The van der Waals surface area contributed by atoms with Gasteiger partial charge in [0, 0.05) is 17.1 Å². The van der Waals surface area contributed by atoms with Crippen LogP contribution in [0.1, 0.15) is 38.3 Å². The maximum atomic E-state index is 3.57. The molecule has 1 heterocycles. The molecule has 1 N–H and O–H groups in total. The third kappa shape index (κ3) is 4.30. The molecule has 0 aliphatic carbocycles. The van der Waals surface area contributed by atoms with E-state index in [1.807, 2.05) is 0 Å². The maximum Gasteiger partial charge on any atom is 0.0320 e. The molecule has 1 atom stereocenters. The number of piperidine rings is 1. The number of benzene rings is 1. The van der Waals surface area contributed by atoms with Crippen molar-refractivity contribution in [3.63, 3.8) is 0 Å². The second-order valence-electron chi connectivity index (χ2n) is 5.51. The van der Waals surface area contributed by atoms with Crippen LogP contribution in [0.5, 0.6) is 0 Å². The zero-order valence-corrected chi connectivity index (χ0v) is 13.6. The van der Waals surface area contributed by atoms with E-state index in [1.54, 1.807) is 0 Å². The highest BCUT2D eigenvalue weighted by Crippen LogP contribution is 2.25. The van der Waals surface area contributed by atoms with E-state index in [0.717, 1.165) is 12.5 Å². The second kappa shape index (κ2) is 7.41. The van der Waals surface area contributed by atoms with Crippen LogP contribution in [0.15, 0.2) is 28.7 Å². The first-order valence-corrected chi connectivity index (χ1v) is 8.20. The molecule has 2 nitrogen and oxygen atoms in total. The minimum atomic E-state index is 0.498. The van der Waals surface area contributed by atoms with Gasteiger partial charge in [-0.25, -0.2) is 0 Å². The van der Waals surface area contributed by atoms with Crippen LogP contribution in [0.2, 0.25) is 0 Å². The molecule has 0 spiro atoms. The number of hydrogen-bond donors (Lipinski definition) is 1. The van der Waals surface area contributed by atoms with Gasteiger partial charge in [0.05, 0.1) is 0 Å². The molecule has 1 saturated heterocycles. The van der Waals surface area contributed by atoms with Crippen LogP contribution in [0.4, 0.5) is 0 Å². The van der Waals surface area contributed by atoms with Gasteiger partial charge < -0.3 is 5.32 Å². The van der Waals surface area contributed by atoms with Crippen LogP contribution in [-0.2, 0) is 0 Å². The third-order valence-electron chi connectivity index (χ3n) is 4.24. The Bertz CT molecular complexity index is 388. The molecule has 3 heteroatoms. The molecule has 19 heavy (non-hydrogen) atoms. The van der Waals surface area contributed by atoms with E-state index in [0.29, 0.717) is 6.04 Å². The van der Waals surface area contributed by atoms with Gasteiger partial charge in [0.1, 0.15) is 0 Å². The summed E-state index contributed by atoms with van der Waals surface area (Å²) in [6.45, 7) is 9.33. The molecule has 1 unspecified atom stereocenters. The fourth-order valence-electron chi connectivity index (χ4n) is 2.93. The van der Waals surface area contributed by atoms with Crippen molar-refractivity contribution >= 4 is 15.9 Å². The largest absolute Gasteiger partial charge is 0.317 e. The normalized spacial score (nSPS) is 18.7. The predicted molar refractivity (Wildman–Crippen MR) is 85.4 cm³/mol. The highest BCUT2D eigenvalue weighted by Gasteiger charge is 2.20. The zero-order chi connectivity index (χ0) is 13.7. The zero-order valence-electron chi connectivity index (χ0n) is 12.0. The van der Waals surface area contributed by atoms with Crippen LogP contribution in [-0.4, -0.2) is 31.1 Å². The molecule has 0 aromatic heterocycles. The van der Waals surface area contributed by atoms with E-state index in [1.165, 1.54) is 42.5 Å². The average molecular weight is 325 g/mol. The molecule has 0 bridgehead atoms. The van der Waals surface area contributed by atoms with Gasteiger partial charge >= 0.3 is 0 Å². The lowest BCUT2D eigenvalue weighted by atomic mass is 9.96. The fraction of sp³-hybridized carbons (Fsp3) is 0.625. The number of nitrogens with zero attached hydrogens (tertiary/aromatic N) is 1. The van der Waals surface area contributed by atoms with Crippen molar-refractivity contribution in [2.45, 2.75) is 32.7 Å². The predicted octanol–water partition coefficient (Wildman–Crippen LogP) is 3.83. The average Bonchev–Trinajstić information content (AvgIpc) is 2.45. The summed E-state index contributed by atoms with van der Waals surface area (Å²) in [5.74, 6) is 0.857. The Morgan fingerprint density at radius 1 is 1.37 bits per heavy atom. The van der Waals surface area contributed by atoms with E-state index in [4.69, 9.17) is 0 Å². The highest BCUT2D eigenvalue weighted by molar-refractivity contribution is 9.10. The van der Waals surface area contributed by atoms with Crippen molar-refractivity contribution in [2.24, 2.45) is 5.92 Å². The van der Waals surface area contributed by atoms with Gasteiger partial charge in [-0.15, -0.1) is 0 Å². The number of halogens is 1. The summed E-state index contributed by atoms with van der Waals surface area (Å²) in [5, 5.41) is 3.45. The maximum absolute atomic E-state index is 3.57. The van der Waals surface area contributed by atoms with Crippen molar-refractivity contribution in [1.29, 1.82) is 0 Å². The van der Waals surface area contributed by atoms with Crippen LogP contribution < -0.4 is 5.32 Å². The minimum absolute atomic E-state index is 0.498. The molecular weight excluding hydrogens is 300 g/mol. The minimum Gasteiger partial charge on any atom is -0.317 e. The fourth-order valence-corrected chi connectivity index (χ4v) is 3.35. The summed E-state index contributed by atoms with van der Waals surface area (Å²) in [7, 11) is 0. The Labute approximate surface area is 125 Å². The van der Waals surface area contributed by atoms with E-state index in [2.05, 4.69) is 64.3 Å². The van der Waals surface area contributed by atoms with Crippen molar-refractivity contribution < 1.29 is 0 Å². The van der Waals surface area contributed by atoms with Gasteiger partial charge in [-0.05, 0) is 63.0 Å². The van der Waals surface area contributed by atoms with Crippen LogP contribution in [0.3, 0.4) is 0 Å². The monoisotopic (exact) mass is 324 g/mol. The van der Waals surface area contributed by atoms with E-state index < -0.39 is 0 Å². The van der Waals surface area contributed by atoms with Gasteiger partial charge in [-0.1, -0.05) is 35.0 Å². The van der Waals surface area contributed by atoms with Crippen molar-refractivity contribution in [3.8, 4) is 0 Å². The second-order valence-corrected chi connectivity index (χ2v) is 6.43. The standard InChI is InChI=1S/C16H25BrN2/c1-3-19(12-14-7-9-18-10-8-14)13(2)15-5-4-6-16(17)11-15/h4-6,11,13-14,18H,3,7-10,12H2,1-2H3. The lowest BCUT2D eigenvalue weighted by Gasteiger charge is -2.33. The summed E-state index contributed by atoms with van der Waals surface area (Å²) in [5.41, 5.74) is 1.41. The molecule has 1 aromatic carbocycles. The van der Waals surface area contributed by atoms with E-state index in [9.17, 15) is 0 Å². The van der Waals surface area contributed by atoms with Crippen LogP contribution in [0.25, 0.3) is 0 Å². The molecule has 106 valence electrons. The summed E-state index contributed by atoms with van der Waals surface area (Å²) in [4.78, 5) is 2.61. The third-order valence-corrected chi connectivity index (χ3v) is 4.73. The van der Waals surface area contributed by atoms with Gasteiger partial charge in [0.2, 0.25) is 0 Å². The topological polar surface area (TPSA) is 15.3 Å². The number of hydrogen-bond acceptors (Lipinski definition) is 2. The van der Waals surface area contributed by atoms with Gasteiger partial charge in [-0.3, -0.25) is 4.90 Å². The summed E-state index contributed by atoms with van der Waals surface area (Å²) in [6, 6.07) is 9.21. The van der Waals surface area contributed by atoms with Crippen molar-refractivity contribution in [2.75, 3.05) is 26.2 Å². The number of nitrogens with one attached hydrogen (secondary N) is 1. The Morgan fingerprint density at radius 3 is 2.74 bits per heavy atom. The highest BCUT2D eigenvalue weighted by atomic mass is 79.9. The first-order valence-electron chi connectivity index (χ1n) is 7.41. The van der Waals surface area contributed by atoms with Gasteiger partial charge in [-0.2, -0.15) is 0 Å². The summed E-state index contributed by atoms with van der Waals surface area (Å²) in [6.07, 6.45) is 2.64. The lowest BCUT2D eigenvalue weighted by molar-refractivity contribution is 0.169. The first-order chi connectivity index (χ1) is 9.20. The molecule has 0 radical (unpaired) electrons. The molecule has 0 saturated carbocycles. The first kappa shape index (κ1) is 15.0. The van der Waals surface area contributed by atoms with Crippen LogP contribution >= 0.6 is 15.9 Å². The summed E-state index contributed by atoms with van der Waals surface area (Å²) < 4.78 is 1.18. The molecule has 1 aliphatic rings. The Kier molecular flexibility index (Phi) is 5.86. The van der Waals surface area contributed by atoms with Crippen molar-refractivity contribution in [1.82, 2.24) is 10.2 Å². The molecular formula is C16H25BrN2. The quantitative estimate of drug-likeness (QED) is 0.885. The van der Waals surface area contributed by atoms with E-state index >= 15 is 0 Å². The smallest absolute Gasteiger partial charge is 0.0320 e. The number of rotatable bonds is 5. The molecule has 1 aliphatic heterocycles. The van der Waals surface area contributed by atoms with Crippen molar-refractivity contribution in [3.05, 3.63) is 34.3 Å². The summed E-state index contributed by atoms with van der Waals surface area (Å²) >= 11 is 3.57. The van der Waals surface area contributed by atoms with Gasteiger partial charge in [0.25, 0.3) is 0 Å². The molecule has 1 aromatic rings.